The Kier molecular flexibility index (Phi) is 2.42. The predicted octanol–water partition coefficient (Wildman–Crippen LogP) is 2.52. The maximum Gasteiger partial charge on any atom is 0.0310 e. The molecule has 2 fully saturated rings. The molecular formula is C10H16ClN. The highest BCUT2D eigenvalue weighted by atomic mass is 35.5. The first-order valence-corrected chi connectivity index (χ1v) is 5.20. The Bertz CT molecular complexity index is 190. The number of hydrogen-bond acceptors (Lipinski definition) is 1. The smallest absolute Gasteiger partial charge is 0.0310 e. The van der Waals surface area contributed by atoms with Crippen molar-refractivity contribution in [2.45, 2.75) is 31.7 Å². The van der Waals surface area contributed by atoms with Crippen LogP contribution in [0, 0.1) is 11.8 Å². The summed E-state index contributed by atoms with van der Waals surface area (Å²) in [5.41, 5.74) is 0. The molecule has 2 rings (SSSR count). The van der Waals surface area contributed by atoms with E-state index in [1.54, 1.807) is 0 Å². The molecule has 68 valence electrons. The molecule has 3 unspecified atom stereocenters. The minimum atomic E-state index is 0.734. The first-order chi connectivity index (χ1) is 5.75. The first-order valence-electron chi connectivity index (χ1n) is 4.82. The van der Waals surface area contributed by atoms with Crippen LogP contribution < -0.4 is 5.32 Å². The molecule has 12 heavy (non-hydrogen) atoms. The molecule has 2 heteroatoms. The molecule has 0 spiro atoms. The van der Waals surface area contributed by atoms with Crippen molar-refractivity contribution in [1.82, 2.24) is 5.32 Å². The van der Waals surface area contributed by atoms with E-state index >= 15 is 0 Å². The molecule has 0 heterocycles. The van der Waals surface area contributed by atoms with Crippen molar-refractivity contribution in [3.8, 4) is 0 Å². The third-order valence-corrected chi connectivity index (χ3v) is 3.43. The summed E-state index contributed by atoms with van der Waals surface area (Å²) in [7, 11) is 0. The maximum absolute atomic E-state index is 5.70. The molecule has 0 aromatic carbocycles. The van der Waals surface area contributed by atoms with E-state index in [4.69, 9.17) is 11.6 Å². The Morgan fingerprint density at radius 2 is 2.25 bits per heavy atom. The van der Waals surface area contributed by atoms with Gasteiger partial charge in [0.25, 0.3) is 0 Å². The fraction of sp³-hybridized carbons (Fsp3) is 0.800. The van der Waals surface area contributed by atoms with Crippen LogP contribution in [0.2, 0.25) is 0 Å². The highest BCUT2D eigenvalue weighted by Crippen LogP contribution is 2.44. The molecule has 0 aromatic rings. The van der Waals surface area contributed by atoms with Crippen LogP contribution in [0.3, 0.4) is 0 Å². The summed E-state index contributed by atoms with van der Waals surface area (Å²) in [6.45, 7) is 4.47. The van der Waals surface area contributed by atoms with E-state index in [2.05, 4.69) is 11.9 Å². The number of rotatable bonds is 3. The average Bonchev–Trinajstić information content (AvgIpc) is 2.60. The summed E-state index contributed by atoms with van der Waals surface area (Å²) in [5.74, 6) is 1.95. The van der Waals surface area contributed by atoms with Gasteiger partial charge < -0.3 is 5.32 Å². The van der Waals surface area contributed by atoms with Gasteiger partial charge in [-0.25, -0.2) is 0 Å². The van der Waals surface area contributed by atoms with Crippen molar-refractivity contribution >= 4 is 11.6 Å². The zero-order valence-electron chi connectivity index (χ0n) is 7.35. The van der Waals surface area contributed by atoms with Crippen LogP contribution in [0.25, 0.3) is 0 Å². The van der Waals surface area contributed by atoms with Crippen LogP contribution >= 0.6 is 11.6 Å². The molecule has 3 atom stereocenters. The molecule has 0 radical (unpaired) electrons. The van der Waals surface area contributed by atoms with Gasteiger partial charge in [-0.15, -0.1) is 0 Å². The van der Waals surface area contributed by atoms with E-state index in [9.17, 15) is 0 Å². The van der Waals surface area contributed by atoms with Crippen LogP contribution in [-0.4, -0.2) is 12.6 Å². The van der Waals surface area contributed by atoms with Crippen molar-refractivity contribution in [3.05, 3.63) is 11.6 Å². The summed E-state index contributed by atoms with van der Waals surface area (Å²) < 4.78 is 0. The Morgan fingerprint density at radius 3 is 2.75 bits per heavy atom. The van der Waals surface area contributed by atoms with Crippen molar-refractivity contribution in [2.75, 3.05) is 6.54 Å². The van der Waals surface area contributed by atoms with Crippen molar-refractivity contribution in [3.63, 3.8) is 0 Å². The molecule has 2 saturated carbocycles. The lowest BCUT2D eigenvalue weighted by Gasteiger charge is -2.22. The molecular weight excluding hydrogens is 170 g/mol. The van der Waals surface area contributed by atoms with Gasteiger partial charge in [0.15, 0.2) is 0 Å². The predicted molar refractivity (Wildman–Crippen MR) is 52.2 cm³/mol. The lowest BCUT2D eigenvalue weighted by atomic mass is 9.95. The van der Waals surface area contributed by atoms with Gasteiger partial charge in [0.2, 0.25) is 0 Å². The molecule has 0 aromatic heterocycles. The Labute approximate surface area is 79.2 Å². The molecule has 2 aliphatic carbocycles. The number of fused-ring (bicyclic) bond motifs is 2. The van der Waals surface area contributed by atoms with Crippen molar-refractivity contribution < 1.29 is 0 Å². The Hall–Kier alpha value is -0.0100. The average molecular weight is 186 g/mol. The van der Waals surface area contributed by atoms with Crippen LogP contribution in [-0.2, 0) is 0 Å². The SMILES string of the molecule is C=C(Cl)CNC1CC2CCC1C2. The van der Waals surface area contributed by atoms with E-state index in [1.165, 1.54) is 25.7 Å². The minimum absolute atomic E-state index is 0.734. The molecule has 0 amide bonds. The monoisotopic (exact) mass is 185 g/mol. The normalized spacial score (nSPS) is 38.9. The molecule has 0 aliphatic heterocycles. The largest absolute Gasteiger partial charge is 0.309 e. The van der Waals surface area contributed by atoms with E-state index in [1.807, 2.05) is 0 Å². The molecule has 0 saturated heterocycles. The van der Waals surface area contributed by atoms with E-state index in [0.717, 1.165) is 29.5 Å². The van der Waals surface area contributed by atoms with E-state index < -0.39 is 0 Å². The van der Waals surface area contributed by atoms with Gasteiger partial charge >= 0.3 is 0 Å². The lowest BCUT2D eigenvalue weighted by molar-refractivity contribution is 0.362. The fourth-order valence-electron chi connectivity index (χ4n) is 2.74. The third kappa shape index (κ3) is 1.67. The van der Waals surface area contributed by atoms with Crippen LogP contribution in [0.5, 0.6) is 0 Å². The second-order valence-corrected chi connectivity index (χ2v) is 4.71. The number of hydrogen-bond donors (Lipinski definition) is 1. The highest BCUT2D eigenvalue weighted by molar-refractivity contribution is 6.29. The zero-order chi connectivity index (χ0) is 8.55. The summed E-state index contributed by atoms with van der Waals surface area (Å²) in [6.07, 6.45) is 5.71. The van der Waals surface area contributed by atoms with Crippen LogP contribution in [0.15, 0.2) is 11.6 Å². The maximum atomic E-state index is 5.70. The summed E-state index contributed by atoms with van der Waals surface area (Å²) in [4.78, 5) is 0. The van der Waals surface area contributed by atoms with Gasteiger partial charge in [-0.3, -0.25) is 0 Å². The molecule has 2 aliphatic rings. The van der Waals surface area contributed by atoms with Gasteiger partial charge in [-0.1, -0.05) is 24.6 Å². The second-order valence-electron chi connectivity index (χ2n) is 4.18. The Morgan fingerprint density at radius 1 is 1.42 bits per heavy atom. The van der Waals surface area contributed by atoms with E-state index in [0.29, 0.717) is 0 Å². The molecule has 1 N–H and O–H groups in total. The number of nitrogens with one attached hydrogen (secondary N) is 1. The van der Waals surface area contributed by atoms with Crippen LogP contribution in [0.1, 0.15) is 25.7 Å². The van der Waals surface area contributed by atoms with Gasteiger partial charge in [-0.05, 0) is 31.1 Å². The summed E-state index contributed by atoms with van der Waals surface area (Å²) in [6, 6.07) is 0.735. The fourth-order valence-corrected chi connectivity index (χ4v) is 2.81. The van der Waals surface area contributed by atoms with Gasteiger partial charge in [-0.2, -0.15) is 0 Å². The van der Waals surface area contributed by atoms with Crippen molar-refractivity contribution in [1.29, 1.82) is 0 Å². The number of halogens is 1. The highest BCUT2D eigenvalue weighted by Gasteiger charge is 2.38. The van der Waals surface area contributed by atoms with Gasteiger partial charge in [0.05, 0.1) is 0 Å². The second kappa shape index (κ2) is 3.39. The minimum Gasteiger partial charge on any atom is -0.309 e. The van der Waals surface area contributed by atoms with Crippen LogP contribution in [0.4, 0.5) is 0 Å². The first kappa shape index (κ1) is 8.58. The molecule has 1 nitrogen and oxygen atoms in total. The Balaban J connectivity index is 1.79. The summed E-state index contributed by atoms with van der Waals surface area (Å²) in [5, 5.41) is 4.22. The topological polar surface area (TPSA) is 12.0 Å². The zero-order valence-corrected chi connectivity index (χ0v) is 8.11. The van der Waals surface area contributed by atoms with Crippen molar-refractivity contribution in [2.24, 2.45) is 11.8 Å². The van der Waals surface area contributed by atoms with E-state index in [-0.39, 0.29) is 0 Å². The van der Waals surface area contributed by atoms with Gasteiger partial charge in [0.1, 0.15) is 0 Å². The standard InChI is InChI=1S/C10H16ClN/c1-7(11)6-12-10-5-8-2-3-9(10)4-8/h8-10,12H,1-6H2. The summed E-state index contributed by atoms with van der Waals surface area (Å²) >= 11 is 5.70. The van der Waals surface area contributed by atoms with Gasteiger partial charge in [0, 0.05) is 17.6 Å². The molecule has 2 bridgehead atoms. The lowest BCUT2D eigenvalue weighted by Crippen LogP contribution is -2.34. The third-order valence-electron chi connectivity index (χ3n) is 3.29. The quantitative estimate of drug-likeness (QED) is 0.713.